The van der Waals surface area contributed by atoms with Crippen LogP contribution in [0.5, 0.6) is 0 Å². The maximum absolute atomic E-state index is 12.5. The van der Waals surface area contributed by atoms with Gasteiger partial charge in [0.15, 0.2) is 5.13 Å². The minimum Gasteiger partial charge on any atom is -0.461 e. The Bertz CT molecular complexity index is 1230. The highest BCUT2D eigenvalue weighted by atomic mass is 32.1. The van der Waals surface area contributed by atoms with Crippen molar-refractivity contribution in [3.63, 3.8) is 0 Å². The monoisotopic (exact) mass is 444 g/mol. The number of nitro groups is 1. The molecule has 11 heteroatoms. The number of fused-ring (bicyclic) bond motifs is 1. The minimum atomic E-state index is -0.532. The van der Waals surface area contributed by atoms with Crippen molar-refractivity contribution in [3.05, 3.63) is 61.4 Å². The molecular weight excluding hydrogens is 424 g/mol. The lowest BCUT2D eigenvalue weighted by Crippen LogP contribution is -2.27. The number of esters is 1. The zero-order valence-corrected chi connectivity index (χ0v) is 17.9. The standard InChI is InChI=1S/C20H20N4O6S/c1-11(2)10-30-19(27)18-12(3)21-20(31-18)22-16(25)9-23-15-6-5-14(24(28)29)8-13(15)4-7-17(23)26/h4-8,11H,9-10H2,1-3H3,(H,21,22,25). The molecule has 2 heterocycles. The lowest BCUT2D eigenvalue weighted by atomic mass is 10.2. The lowest BCUT2D eigenvalue weighted by molar-refractivity contribution is -0.384. The van der Waals surface area contributed by atoms with Gasteiger partial charge < -0.3 is 10.1 Å². The number of carbonyl (C=O) groups excluding carboxylic acids is 2. The van der Waals surface area contributed by atoms with E-state index < -0.39 is 22.4 Å². The second kappa shape index (κ2) is 9.04. The Labute approximate surface area is 180 Å². The summed E-state index contributed by atoms with van der Waals surface area (Å²) in [5.74, 6) is -0.836. The molecule has 0 atom stereocenters. The molecule has 2 aromatic heterocycles. The van der Waals surface area contributed by atoms with E-state index in [-0.39, 0.29) is 29.9 Å². The maximum atomic E-state index is 12.5. The van der Waals surface area contributed by atoms with E-state index >= 15 is 0 Å². The second-order valence-corrected chi connectivity index (χ2v) is 8.23. The Kier molecular flexibility index (Phi) is 6.44. The largest absolute Gasteiger partial charge is 0.461 e. The number of nitro benzene ring substituents is 1. The molecule has 0 aliphatic heterocycles. The van der Waals surface area contributed by atoms with Crippen molar-refractivity contribution < 1.29 is 19.2 Å². The zero-order chi connectivity index (χ0) is 22.7. The fraction of sp³-hybridized carbons (Fsp3) is 0.300. The van der Waals surface area contributed by atoms with Crippen molar-refractivity contribution in [2.24, 2.45) is 5.92 Å². The molecule has 0 fully saturated rings. The number of pyridine rings is 1. The third-order valence-electron chi connectivity index (χ3n) is 4.26. The first-order valence-corrected chi connectivity index (χ1v) is 10.2. The Hall–Kier alpha value is -3.60. The number of hydrogen-bond donors (Lipinski definition) is 1. The number of benzene rings is 1. The summed E-state index contributed by atoms with van der Waals surface area (Å²) in [5, 5.41) is 14.2. The summed E-state index contributed by atoms with van der Waals surface area (Å²) in [6, 6.07) is 6.75. The van der Waals surface area contributed by atoms with Crippen LogP contribution >= 0.6 is 11.3 Å². The third kappa shape index (κ3) is 5.12. The second-order valence-electron chi connectivity index (χ2n) is 7.23. The summed E-state index contributed by atoms with van der Waals surface area (Å²) in [7, 11) is 0. The van der Waals surface area contributed by atoms with Gasteiger partial charge in [0.2, 0.25) is 5.91 Å². The molecule has 1 amide bonds. The number of rotatable bonds is 7. The van der Waals surface area contributed by atoms with Gasteiger partial charge in [-0.1, -0.05) is 25.2 Å². The van der Waals surface area contributed by atoms with Crippen LogP contribution in [0.3, 0.4) is 0 Å². The Morgan fingerprint density at radius 3 is 2.71 bits per heavy atom. The van der Waals surface area contributed by atoms with Gasteiger partial charge in [-0.05, 0) is 25.0 Å². The molecule has 0 saturated heterocycles. The third-order valence-corrected chi connectivity index (χ3v) is 5.31. The summed E-state index contributed by atoms with van der Waals surface area (Å²) in [4.78, 5) is 51.9. The van der Waals surface area contributed by atoms with E-state index in [1.807, 2.05) is 13.8 Å². The van der Waals surface area contributed by atoms with E-state index in [2.05, 4.69) is 10.3 Å². The number of non-ortho nitro benzene ring substituents is 1. The van der Waals surface area contributed by atoms with E-state index in [4.69, 9.17) is 4.74 Å². The minimum absolute atomic E-state index is 0.114. The molecule has 3 rings (SSSR count). The van der Waals surface area contributed by atoms with Crippen molar-refractivity contribution in [3.8, 4) is 0 Å². The van der Waals surface area contributed by atoms with Gasteiger partial charge in [0.25, 0.3) is 11.2 Å². The Morgan fingerprint density at radius 2 is 2.03 bits per heavy atom. The van der Waals surface area contributed by atoms with Crippen molar-refractivity contribution in [1.82, 2.24) is 9.55 Å². The molecule has 1 aromatic carbocycles. The molecule has 0 saturated carbocycles. The number of nitrogens with zero attached hydrogens (tertiary/aromatic N) is 3. The summed E-state index contributed by atoms with van der Waals surface area (Å²) in [5.41, 5.74) is 0.285. The van der Waals surface area contributed by atoms with Crippen molar-refractivity contribution in [2.75, 3.05) is 11.9 Å². The zero-order valence-electron chi connectivity index (χ0n) is 17.1. The Balaban J connectivity index is 1.78. The molecule has 162 valence electrons. The van der Waals surface area contributed by atoms with Crippen LogP contribution in [0, 0.1) is 23.0 Å². The smallest absolute Gasteiger partial charge is 0.350 e. The number of carbonyl (C=O) groups is 2. The van der Waals surface area contributed by atoms with Crippen LogP contribution in [0.25, 0.3) is 10.9 Å². The first kappa shape index (κ1) is 22.1. The maximum Gasteiger partial charge on any atom is 0.350 e. The van der Waals surface area contributed by atoms with Crippen LogP contribution < -0.4 is 10.9 Å². The highest BCUT2D eigenvalue weighted by Gasteiger charge is 2.19. The average molecular weight is 444 g/mol. The summed E-state index contributed by atoms with van der Waals surface area (Å²) in [6.45, 7) is 5.44. The summed E-state index contributed by atoms with van der Waals surface area (Å²) >= 11 is 0.991. The molecule has 1 N–H and O–H groups in total. The number of aryl methyl sites for hydroxylation is 1. The first-order chi connectivity index (χ1) is 14.7. The molecule has 0 radical (unpaired) electrons. The van der Waals surface area contributed by atoms with Crippen LogP contribution in [0.15, 0.2) is 35.1 Å². The number of aromatic nitrogens is 2. The summed E-state index contributed by atoms with van der Waals surface area (Å²) in [6.07, 6.45) is 0. The molecule has 0 aliphatic carbocycles. The van der Waals surface area contributed by atoms with Gasteiger partial charge in [0.1, 0.15) is 11.4 Å². The fourth-order valence-corrected chi connectivity index (χ4v) is 3.69. The van der Waals surface area contributed by atoms with Crippen LogP contribution in [0.2, 0.25) is 0 Å². The van der Waals surface area contributed by atoms with Crippen LogP contribution in [0.1, 0.15) is 29.2 Å². The van der Waals surface area contributed by atoms with Gasteiger partial charge >= 0.3 is 5.97 Å². The quantitative estimate of drug-likeness (QED) is 0.336. The van der Waals surface area contributed by atoms with E-state index in [1.165, 1.54) is 34.9 Å². The van der Waals surface area contributed by atoms with Gasteiger partial charge in [-0.2, -0.15) is 0 Å². The van der Waals surface area contributed by atoms with E-state index in [0.717, 1.165) is 11.3 Å². The van der Waals surface area contributed by atoms with Crippen LogP contribution in [-0.2, 0) is 16.1 Å². The van der Waals surface area contributed by atoms with Crippen molar-refractivity contribution in [1.29, 1.82) is 0 Å². The molecule has 0 aliphatic rings. The molecule has 0 spiro atoms. The number of hydrogen-bond acceptors (Lipinski definition) is 8. The normalized spacial score (nSPS) is 11.0. The lowest BCUT2D eigenvalue weighted by Gasteiger charge is -2.09. The van der Waals surface area contributed by atoms with E-state index in [1.54, 1.807) is 6.92 Å². The molecule has 0 unspecified atom stereocenters. The predicted molar refractivity (Wildman–Crippen MR) is 115 cm³/mol. The first-order valence-electron chi connectivity index (χ1n) is 9.38. The fourth-order valence-electron chi connectivity index (χ4n) is 2.82. The van der Waals surface area contributed by atoms with E-state index in [9.17, 15) is 24.5 Å². The molecule has 10 nitrogen and oxygen atoms in total. The van der Waals surface area contributed by atoms with Gasteiger partial charge in [-0.25, -0.2) is 9.78 Å². The number of thiazole rings is 1. The molecule has 31 heavy (non-hydrogen) atoms. The average Bonchev–Trinajstić information content (AvgIpc) is 3.07. The molecule has 0 bridgehead atoms. The molecule has 3 aromatic rings. The SMILES string of the molecule is Cc1nc(NC(=O)Cn2c(=O)ccc3cc([N+](=O)[O-])ccc32)sc1C(=O)OCC(C)C. The van der Waals surface area contributed by atoms with E-state index in [0.29, 0.717) is 21.5 Å². The van der Waals surface area contributed by atoms with Crippen molar-refractivity contribution in [2.45, 2.75) is 27.3 Å². The topological polar surface area (TPSA) is 133 Å². The highest BCUT2D eigenvalue weighted by molar-refractivity contribution is 7.17. The molecular formula is C20H20N4O6S. The highest BCUT2D eigenvalue weighted by Crippen LogP contribution is 2.24. The number of amides is 1. The van der Waals surface area contributed by atoms with Crippen LogP contribution in [-0.4, -0.2) is 33.0 Å². The van der Waals surface area contributed by atoms with Gasteiger partial charge in [-0.3, -0.25) is 24.3 Å². The van der Waals surface area contributed by atoms with Crippen LogP contribution in [0.4, 0.5) is 10.8 Å². The predicted octanol–water partition coefficient (Wildman–Crippen LogP) is 3.13. The summed E-state index contributed by atoms with van der Waals surface area (Å²) < 4.78 is 6.42. The number of anilines is 1. The number of ether oxygens (including phenoxy) is 1. The van der Waals surface area contributed by atoms with Crippen molar-refractivity contribution >= 4 is 44.9 Å². The van der Waals surface area contributed by atoms with Gasteiger partial charge in [0, 0.05) is 23.6 Å². The number of nitrogens with one attached hydrogen (secondary N) is 1. The Morgan fingerprint density at radius 1 is 1.29 bits per heavy atom. The van der Waals surface area contributed by atoms with Gasteiger partial charge in [-0.15, -0.1) is 0 Å². The van der Waals surface area contributed by atoms with Gasteiger partial charge in [0.05, 0.1) is 22.7 Å².